The number of pyridine rings is 1. The number of unbranched alkanes of at least 4 members (excludes halogenated alkanes) is 3. The maximum Gasteiger partial charge on any atom is 0.315 e. The number of likely N-dealkylation sites (N-methyl/N-ethyl adjacent to an activating group) is 1. The number of ether oxygens (including phenoxy) is 2. The van der Waals surface area contributed by atoms with E-state index in [2.05, 4.69) is 75.3 Å². The molecule has 9 rings (SSSR count). The lowest BCUT2D eigenvalue weighted by atomic mass is 9.58. The van der Waals surface area contributed by atoms with Gasteiger partial charge in [-0.3, -0.25) is 14.6 Å². The number of aliphatic hydroxyl groups is 1. The number of benzene rings is 1. The fraction of sp³-hybridized carbons (Fsp3) is 0.609. The molecule has 4 N–H and O–H groups in total. The van der Waals surface area contributed by atoms with Crippen LogP contribution in [-0.4, -0.2) is 106 Å². The molecule has 5 heterocycles. The Balaban J connectivity index is 0.793. The van der Waals surface area contributed by atoms with E-state index in [-0.39, 0.29) is 53.8 Å². The molecule has 58 heavy (non-hydrogen) atoms. The van der Waals surface area contributed by atoms with Gasteiger partial charge in [-0.05, 0) is 106 Å². The minimum atomic E-state index is -0.867. The molecular weight excluding hydrogens is 751 g/mol. The number of rotatable bonds is 14. The number of urea groups is 1. The number of hydrogen-bond acceptors (Lipinski definition) is 9. The number of aromatic nitrogens is 1. The number of aliphatic hydroxyl groups excluding tert-OH is 1. The van der Waals surface area contributed by atoms with Crippen LogP contribution in [0.5, 0.6) is 0 Å². The van der Waals surface area contributed by atoms with Gasteiger partial charge in [0.2, 0.25) is 5.91 Å². The summed E-state index contributed by atoms with van der Waals surface area (Å²) < 4.78 is 13.8. The summed E-state index contributed by atoms with van der Waals surface area (Å²) in [5.74, 6) is 0.980. The van der Waals surface area contributed by atoms with E-state index in [1.54, 1.807) is 0 Å². The fourth-order valence-electron chi connectivity index (χ4n) is 11.7. The second-order valence-corrected chi connectivity index (χ2v) is 19.6. The number of hydrogen-bond donors (Lipinski definition) is 4. The van der Waals surface area contributed by atoms with Gasteiger partial charge in [-0.15, -0.1) is 0 Å². The topological polar surface area (TPSA) is 142 Å². The molecule has 12 heteroatoms. The van der Waals surface area contributed by atoms with Gasteiger partial charge in [0.25, 0.3) is 0 Å². The predicted octanol–water partition coefficient (Wildman–Crippen LogP) is 6.21. The number of carbonyl (C=O) groups is 3. The molecule has 10 atom stereocenters. The van der Waals surface area contributed by atoms with Crippen molar-refractivity contribution in [1.82, 2.24) is 25.8 Å². The van der Waals surface area contributed by atoms with Crippen molar-refractivity contribution in [3.63, 3.8) is 0 Å². The van der Waals surface area contributed by atoms with E-state index < -0.39 is 23.4 Å². The van der Waals surface area contributed by atoms with Crippen molar-refractivity contribution in [3.8, 4) is 0 Å². The molecule has 4 fully saturated rings. The number of carbonyl (C=O) groups excluding carboxylic acids is 3. The van der Waals surface area contributed by atoms with E-state index in [1.165, 1.54) is 22.1 Å². The molecule has 7 aliphatic rings. The first-order chi connectivity index (χ1) is 28.0. The smallest absolute Gasteiger partial charge is 0.315 e. The van der Waals surface area contributed by atoms with Crippen LogP contribution in [-0.2, 0) is 19.1 Å². The van der Waals surface area contributed by atoms with Crippen molar-refractivity contribution in [2.24, 2.45) is 11.3 Å². The zero-order valence-corrected chi connectivity index (χ0v) is 35.0. The minimum absolute atomic E-state index is 0.0619. The van der Waals surface area contributed by atoms with Crippen LogP contribution >= 0.6 is 11.8 Å². The summed E-state index contributed by atoms with van der Waals surface area (Å²) in [5.41, 5.74) is 3.61. The van der Waals surface area contributed by atoms with Gasteiger partial charge in [-0.1, -0.05) is 50.1 Å². The second-order valence-electron chi connectivity index (χ2n) is 18.4. The Labute approximate surface area is 346 Å². The van der Waals surface area contributed by atoms with E-state index in [0.717, 1.165) is 74.5 Å². The highest BCUT2D eigenvalue weighted by Gasteiger charge is 2.68. The monoisotopic (exact) mass is 809 g/mol. The number of allylic oxidation sites excluding steroid dienone is 3. The third kappa shape index (κ3) is 6.99. The molecular formula is C46H59N5O6S. The highest BCUT2D eigenvalue weighted by atomic mass is 32.2. The quantitative estimate of drug-likeness (QED) is 0.0996. The Morgan fingerprint density at radius 1 is 1.07 bits per heavy atom. The first-order valence-electron chi connectivity index (χ1n) is 21.7. The maximum absolute atomic E-state index is 13.5. The van der Waals surface area contributed by atoms with Crippen LogP contribution in [0.15, 0.2) is 66.0 Å². The molecule has 3 saturated heterocycles. The molecule has 3 unspecified atom stereocenters. The van der Waals surface area contributed by atoms with Gasteiger partial charge in [0.15, 0.2) is 6.10 Å². The van der Waals surface area contributed by atoms with Gasteiger partial charge in [-0.2, -0.15) is 11.8 Å². The van der Waals surface area contributed by atoms with E-state index in [9.17, 15) is 19.5 Å². The summed E-state index contributed by atoms with van der Waals surface area (Å²) in [7, 11) is 3.97. The Morgan fingerprint density at radius 2 is 1.93 bits per heavy atom. The fourth-order valence-corrected chi connectivity index (χ4v) is 13.2. The first kappa shape index (κ1) is 39.7. The number of nitrogens with zero attached hydrogens (tertiary/aromatic N) is 2. The SMILES string of the molecule is CN(C)[C@H]1C[C@@]23CC[C@@]4(O2)C(=CC[C@]2(C)C(c5ccc6ccncc6c5)=CC[C@H]24)C=C3[C@@H](OC(=O)CCCCCNC(=O)CCCCC2SCC3NC(=O)NC32)[C@@H]1O. The van der Waals surface area contributed by atoms with Crippen LogP contribution < -0.4 is 16.0 Å². The van der Waals surface area contributed by atoms with Gasteiger partial charge in [0.1, 0.15) is 6.10 Å². The number of thioether (sulfide) groups is 1. The first-order valence-corrected chi connectivity index (χ1v) is 22.7. The van der Waals surface area contributed by atoms with E-state index >= 15 is 0 Å². The summed E-state index contributed by atoms with van der Waals surface area (Å²) in [6, 6.07) is 8.94. The molecule has 2 spiro atoms. The molecule has 310 valence electrons. The normalized spacial score (nSPS) is 35.6. The number of esters is 1. The molecule has 4 aliphatic heterocycles. The molecule has 11 nitrogen and oxygen atoms in total. The van der Waals surface area contributed by atoms with Crippen LogP contribution in [0.4, 0.5) is 4.79 Å². The van der Waals surface area contributed by atoms with E-state index in [0.29, 0.717) is 31.1 Å². The van der Waals surface area contributed by atoms with E-state index in [4.69, 9.17) is 9.47 Å². The Bertz CT molecular complexity index is 2050. The Morgan fingerprint density at radius 3 is 2.79 bits per heavy atom. The lowest BCUT2D eigenvalue weighted by molar-refractivity contribution is -0.179. The van der Waals surface area contributed by atoms with Gasteiger partial charge in [-0.25, -0.2) is 4.79 Å². The predicted molar refractivity (Wildman–Crippen MR) is 226 cm³/mol. The molecule has 3 aliphatic carbocycles. The van der Waals surface area contributed by atoms with Crippen LogP contribution in [0.3, 0.4) is 0 Å². The summed E-state index contributed by atoms with van der Waals surface area (Å²) in [5, 5.41) is 23.6. The highest BCUT2D eigenvalue weighted by molar-refractivity contribution is 8.00. The van der Waals surface area contributed by atoms with Gasteiger partial charge >= 0.3 is 12.0 Å². The van der Waals surface area contributed by atoms with Crippen LogP contribution in [0, 0.1) is 11.3 Å². The van der Waals surface area contributed by atoms with Crippen molar-refractivity contribution < 1.29 is 29.0 Å². The summed E-state index contributed by atoms with van der Waals surface area (Å²) >= 11 is 1.90. The second kappa shape index (κ2) is 15.7. The van der Waals surface area contributed by atoms with Crippen LogP contribution in [0.1, 0.15) is 96.0 Å². The standard InChI is InChI=1S/C46H59N5O6S/c1-44-18-16-31-24-33-42(56-39(53)11-5-4-8-21-48-38(52)10-7-6-9-36-40-34(27-58-36)49-43(55)50-40)41(54)35(51(2)3)25-45(33)19-20-46(31,57-45)37(44)15-14-32(44)29-13-12-28-17-22-47-26-30(28)23-29/h12-14,16-17,22-24,26,34-37,40-42,54H,4-11,15,18-21,25,27H2,1-3H3,(H,48,52)(H2,49,50,55)/t34?,35-,36?,37+,40?,41+,42+,44+,45+,46+/m0/s1. The van der Waals surface area contributed by atoms with Gasteiger partial charge in [0, 0.05) is 71.1 Å². The molecule has 1 saturated carbocycles. The lowest BCUT2D eigenvalue weighted by Crippen LogP contribution is -2.62. The zero-order chi connectivity index (χ0) is 40.2. The summed E-state index contributed by atoms with van der Waals surface area (Å²) in [6.45, 7) is 3.00. The Kier molecular flexibility index (Phi) is 10.8. The van der Waals surface area contributed by atoms with Crippen molar-refractivity contribution in [2.75, 3.05) is 26.4 Å². The molecule has 1 aromatic heterocycles. The number of nitrogens with one attached hydrogen (secondary N) is 3. The molecule has 2 aromatic rings. The molecule has 3 amide bonds. The molecule has 2 bridgehead atoms. The average molecular weight is 810 g/mol. The van der Waals surface area contributed by atoms with Crippen molar-refractivity contribution in [1.29, 1.82) is 0 Å². The zero-order valence-electron chi connectivity index (χ0n) is 34.1. The minimum Gasteiger partial charge on any atom is -0.455 e. The van der Waals surface area contributed by atoms with E-state index in [1.807, 2.05) is 38.3 Å². The van der Waals surface area contributed by atoms with Gasteiger partial charge < -0.3 is 35.4 Å². The lowest BCUT2D eigenvalue weighted by Gasteiger charge is -2.56. The van der Waals surface area contributed by atoms with Crippen molar-refractivity contribution >= 4 is 46.0 Å². The average Bonchev–Trinajstić information content (AvgIpc) is 3.96. The Hall–Kier alpha value is -3.71. The number of fused-ring (bicyclic) bond motifs is 3. The molecule has 0 radical (unpaired) electrons. The van der Waals surface area contributed by atoms with Crippen LogP contribution in [0.25, 0.3) is 16.3 Å². The summed E-state index contributed by atoms with van der Waals surface area (Å²) in [6.07, 6.45) is 19.2. The largest absolute Gasteiger partial charge is 0.455 e. The highest BCUT2D eigenvalue weighted by Crippen LogP contribution is 2.68. The van der Waals surface area contributed by atoms with Gasteiger partial charge in [0.05, 0.1) is 23.3 Å². The molecule has 1 aromatic carbocycles. The van der Waals surface area contributed by atoms with Crippen molar-refractivity contribution in [3.05, 3.63) is 71.6 Å². The summed E-state index contributed by atoms with van der Waals surface area (Å²) in [4.78, 5) is 44.0. The third-order valence-corrected chi connectivity index (χ3v) is 16.2. The van der Waals surface area contributed by atoms with Crippen molar-refractivity contribution in [2.45, 2.75) is 137 Å². The maximum atomic E-state index is 13.5. The number of amides is 3. The third-order valence-electron chi connectivity index (χ3n) is 14.7. The van der Waals surface area contributed by atoms with Crippen LogP contribution in [0.2, 0.25) is 0 Å².